The van der Waals surface area contributed by atoms with Gasteiger partial charge in [-0.25, -0.2) is 0 Å². The van der Waals surface area contributed by atoms with Crippen LogP contribution in [0, 0.1) is 0 Å². The summed E-state index contributed by atoms with van der Waals surface area (Å²) in [5, 5.41) is 0. The Kier molecular flexibility index (Phi) is 2.69. The van der Waals surface area contributed by atoms with Gasteiger partial charge in [0.2, 0.25) is 6.79 Å². The Morgan fingerprint density at radius 3 is 2.54 bits per heavy atom. The fourth-order valence-electron chi connectivity index (χ4n) is 4.26. The Morgan fingerprint density at radius 1 is 0.885 bits per heavy atom. The van der Waals surface area contributed by atoms with Crippen LogP contribution in [0.1, 0.15) is 35.6 Å². The van der Waals surface area contributed by atoms with E-state index in [2.05, 4.69) is 12.6 Å². The van der Waals surface area contributed by atoms with Crippen LogP contribution in [0.5, 0.6) is 28.7 Å². The van der Waals surface area contributed by atoms with E-state index in [-0.39, 0.29) is 24.9 Å². The number of fused-ring (bicyclic) bond motifs is 7. The van der Waals surface area contributed by atoms with Gasteiger partial charge in [-0.05, 0) is 30.2 Å². The fraction of sp³-hybridized carbons (Fsp3) is 0.333. The molecule has 5 nitrogen and oxygen atoms in total. The zero-order valence-electron chi connectivity index (χ0n) is 14.4. The summed E-state index contributed by atoms with van der Waals surface area (Å²) in [5.41, 5.74) is 4.44. The Hall–Kier alpha value is -2.82. The van der Waals surface area contributed by atoms with E-state index in [9.17, 15) is 0 Å². The zero-order chi connectivity index (χ0) is 17.4. The van der Waals surface area contributed by atoms with E-state index in [0.29, 0.717) is 6.61 Å². The van der Waals surface area contributed by atoms with Gasteiger partial charge in [0.1, 0.15) is 29.5 Å². The Balaban J connectivity index is 1.40. The van der Waals surface area contributed by atoms with Crippen molar-refractivity contribution in [1.29, 1.82) is 0 Å². The summed E-state index contributed by atoms with van der Waals surface area (Å²) in [4.78, 5) is 0. The lowest BCUT2D eigenvalue weighted by atomic mass is 9.88. The predicted octanol–water partition coefficient (Wildman–Crippen LogP) is 3.90. The molecule has 0 spiro atoms. The van der Waals surface area contributed by atoms with Gasteiger partial charge >= 0.3 is 0 Å². The molecule has 4 aliphatic heterocycles. The van der Waals surface area contributed by atoms with Crippen molar-refractivity contribution < 1.29 is 23.7 Å². The molecule has 4 heterocycles. The van der Waals surface area contributed by atoms with Gasteiger partial charge in [0.05, 0.1) is 12.5 Å². The first-order valence-electron chi connectivity index (χ1n) is 8.89. The van der Waals surface area contributed by atoms with Crippen molar-refractivity contribution in [3.63, 3.8) is 0 Å². The molecule has 2 aromatic rings. The Labute approximate surface area is 151 Å². The van der Waals surface area contributed by atoms with Crippen LogP contribution >= 0.6 is 0 Å². The van der Waals surface area contributed by atoms with Crippen LogP contribution in [0.25, 0.3) is 0 Å². The fourth-order valence-corrected chi connectivity index (χ4v) is 4.26. The third kappa shape index (κ3) is 1.86. The lowest BCUT2D eigenvalue weighted by Gasteiger charge is -2.28. The molecule has 0 fully saturated rings. The summed E-state index contributed by atoms with van der Waals surface area (Å²) in [6.07, 6.45) is 0.840. The van der Waals surface area contributed by atoms with Crippen LogP contribution < -0.4 is 23.7 Å². The summed E-state index contributed by atoms with van der Waals surface area (Å²) in [5.74, 6) is 4.29. The van der Waals surface area contributed by atoms with Crippen molar-refractivity contribution in [2.75, 3.05) is 13.4 Å². The minimum atomic E-state index is -0.0505. The molecule has 132 valence electrons. The van der Waals surface area contributed by atoms with Crippen molar-refractivity contribution in [2.45, 2.75) is 31.5 Å². The van der Waals surface area contributed by atoms with E-state index in [1.54, 1.807) is 0 Å². The van der Waals surface area contributed by atoms with Crippen molar-refractivity contribution in [2.24, 2.45) is 0 Å². The molecule has 4 aliphatic rings. The highest BCUT2D eigenvalue weighted by Gasteiger charge is 2.43. The molecule has 5 heteroatoms. The highest BCUT2D eigenvalue weighted by atomic mass is 16.7. The minimum absolute atomic E-state index is 0.0450. The molecule has 6 rings (SSSR count). The molecule has 0 N–H and O–H groups in total. The van der Waals surface area contributed by atoms with Crippen LogP contribution in [0.4, 0.5) is 0 Å². The summed E-state index contributed by atoms with van der Waals surface area (Å²) in [6, 6.07) is 8.15. The quantitative estimate of drug-likeness (QED) is 0.730. The van der Waals surface area contributed by atoms with Gasteiger partial charge in [-0.15, -0.1) is 0 Å². The topological polar surface area (TPSA) is 46.2 Å². The molecule has 0 unspecified atom stereocenters. The van der Waals surface area contributed by atoms with Crippen molar-refractivity contribution in [1.82, 2.24) is 0 Å². The van der Waals surface area contributed by atoms with Crippen molar-refractivity contribution in [3.05, 3.63) is 53.1 Å². The summed E-state index contributed by atoms with van der Waals surface area (Å²) in [6.45, 7) is 6.87. The second kappa shape index (κ2) is 4.87. The lowest BCUT2D eigenvalue weighted by molar-refractivity contribution is 0.138. The molecule has 0 radical (unpaired) electrons. The van der Waals surface area contributed by atoms with E-state index in [1.165, 1.54) is 5.56 Å². The van der Waals surface area contributed by atoms with Gasteiger partial charge in [0, 0.05) is 29.7 Å². The van der Waals surface area contributed by atoms with Crippen LogP contribution in [0.3, 0.4) is 0 Å². The van der Waals surface area contributed by atoms with Gasteiger partial charge < -0.3 is 23.7 Å². The van der Waals surface area contributed by atoms with Crippen LogP contribution in [-0.2, 0) is 6.42 Å². The maximum atomic E-state index is 6.32. The minimum Gasteiger partial charge on any atom is -0.492 e. The standard InChI is InChI=1S/C21H18O5/c1-10(2)15-4-11-3-13-17(6-16(11)25-15)22-8-14-12-5-19-20(24-9-23-19)7-18(12)26-21(13)14/h3,5-7,14-15,21H,1,4,8-9H2,2H3/t14-,15-,21-/m0/s1. The number of rotatable bonds is 1. The van der Waals surface area contributed by atoms with Crippen LogP contribution in [0.15, 0.2) is 36.4 Å². The SMILES string of the molecule is C=C(C)[C@@H]1Cc2cc3c(cc2O1)OC[C@H]1c2cc4c(cc2O[C@@H]31)OCO4. The number of hydrogen-bond acceptors (Lipinski definition) is 5. The molecule has 0 aromatic heterocycles. The van der Waals surface area contributed by atoms with Crippen molar-refractivity contribution in [3.8, 4) is 28.7 Å². The normalized spacial score (nSPS) is 26.0. The third-order valence-corrected chi connectivity index (χ3v) is 5.67. The maximum Gasteiger partial charge on any atom is 0.231 e. The molecule has 0 bridgehead atoms. The predicted molar refractivity (Wildman–Crippen MR) is 93.5 cm³/mol. The smallest absolute Gasteiger partial charge is 0.231 e. The lowest BCUT2D eigenvalue weighted by Crippen LogP contribution is -2.23. The second-order valence-electron chi connectivity index (χ2n) is 7.35. The van der Waals surface area contributed by atoms with E-state index in [0.717, 1.165) is 51.9 Å². The van der Waals surface area contributed by atoms with Crippen LogP contribution in [-0.4, -0.2) is 19.5 Å². The molecule has 2 aromatic carbocycles. The first-order chi connectivity index (χ1) is 12.7. The average Bonchev–Trinajstić information content (AvgIpc) is 3.33. The van der Waals surface area contributed by atoms with E-state index < -0.39 is 0 Å². The van der Waals surface area contributed by atoms with Gasteiger partial charge in [0.25, 0.3) is 0 Å². The maximum absolute atomic E-state index is 6.32. The molecule has 0 aliphatic carbocycles. The largest absolute Gasteiger partial charge is 0.492 e. The zero-order valence-corrected chi connectivity index (χ0v) is 14.4. The van der Waals surface area contributed by atoms with E-state index in [4.69, 9.17) is 23.7 Å². The Morgan fingerprint density at radius 2 is 1.69 bits per heavy atom. The molecular weight excluding hydrogens is 332 g/mol. The molecule has 0 saturated heterocycles. The van der Waals surface area contributed by atoms with Gasteiger partial charge in [-0.2, -0.15) is 0 Å². The molecular formula is C21H18O5. The van der Waals surface area contributed by atoms with Gasteiger partial charge in [0.15, 0.2) is 11.5 Å². The number of benzene rings is 2. The average molecular weight is 350 g/mol. The molecule has 0 amide bonds. The van der Waals surface area contributed by atoms with Gasteiger partial charge in [-0.3, -0.25) is 0 Å². The Bertz CT molecular complexity index is 963. The molecule has 0 saturated carbocycles. The summed E-state index contributed by atoms with van der Waals surface area (Å²) in [7, 11) is 0. The third-order valence-electron chi connectivity index (χ3n) is 5.67. The number of hydrogen-bond donors (Lipinski definition) is 0. The highest BCUT2D eigenvalue weighted by molar-refractivity contribution is 5.59. The van der Waals surface area contributed by atoms with E-state index in [1.807, 2.05) is 25.1 Å². The molecule has 26 heavy (non-hydrogen) atoms. The number of ether oxygens (including phenoxy) is 5. The van der Waals surface area contributed by atoms with Crippen LogP contribution in [0.2, 0.25) is 0 Å². The van der Waals surface area contributed by atoms with Gasteiger partial charge in [-0.1, -0.05) is 6.58 Å². The first kappa shape index (κ1) is 14.4. The summed E-state index contributed by atoms with van der Waals surface area (Å²) < 4.78 is 29.4. The first-order valence-corrected chi connectivity index (χ1v) is 8.89. The highest BCUT2D eigenvalue weighted by Crippen LogP contribution is 2.55. The monoisotopic (exact) mass is 350 g/mol. The molecule has 3 atom stereocenters. The summed E-state index contributed by atoms with van der Waals surface area (Å²) >= 11 is 0. The van der Waals surface area contributed by atoms with Crippen molar-refractivity contribution >= 4 is 0 Å². The second-order valence-corrected chi connectivity index (χ2v) is 7.35. The van der Waals surface area contributed by atoms with E-state index >= 15 is 0 Å².